The molecule has 1 fully saturated rings. The van der Waals surface area contributed by atoms with Gasteiger partial charge in [0, 0.05) is 12.9 Å². The van der Waals surface area contributed by atoms with E-state index < -0.39 is 9.21 Å². The fraction of sp³-hybridized carbons (Fsp3) is 0.571. The van der Waals surface area contributed by atoms with Gasteiger partial charge in [-0.15, -0.1) is 6.42 Å². The first-order chi connectivity index (χ1) is 7.69. The number of terminal acetylenes is 1. The average molecular weight is 236 g/mol. The third-order valence-corrected chi connectivity index (χ3v) is 5.67. The summed E-state index contributed by atoms with van der Waals surface area (Å²) in [6.45, 7) is 7.43. The quantitative estimate of drug-likeness (QED) is 0.541. The molecule has 0 aliphatic heterocycles. The molecule has 0 heterocycles. The highest BCUT2D eigenvalue weighted by molar-refractivity contribution is 8.32. The summed E-state index contributed by atoms with van der Waals surface area (Å²) in [5.41, 5.74) is 0. The summed E-state index contributed by atoms with van der Waals surface area (Å²) in [4.78, 5) is 0. The van der Waals surface area contributed by atoms with Gasteiger partial charge in [-0.25, -0.2) is 0 Å². The van der Waals surface area contributed by atoms with Gasteiger partial charge < -0.3 is 4.74 Å². The molecule has 1 aliphatic rings. The first kappa shape index (κ1) is 13.2. The van der Waals surface area contributed by atoms with Crippen LogP contribution in [0.5, 0.6) is 0 Å². The molecule has 88 valence electrons. The van der Waals surface area contributed by atoms with E-state index in [0.717, 1.165) is 18.6 Å². The van der Waals surface area contributed by atoms with Gasteiger partial charge in [0.15, 0.2) is 0 Å². The van der Waals surface area contributed by atoms with Crippen molar-refractivity contribution in [1.29, 1.82) is 0 Å². The Morgan fingerprint density at radius 2 is 1.81 bits per heavy atom. The lowest BCUT2D eigenvalue weighted by molar-refractivity contribution is 0.0599. The Labute approximate surface area is 99.7 Å². The largest absolute Gasteiger partial charge is 0.381 e. The van der Waals surface area contributed by atoms with Crippen LogP contribution in [0.4, 0.5) is 0 Å². The fourth-order valence-corrected chi connectivity index (χ4v) is 3.83. The van der Waals surface area contributed by atoms with E-state index in [-0.39, 0.29) is 0 Å². The molecule has 0 aromatic heterocycles. The van der Waals surface area contributed by atoms with Crippen molar-refractivity contribution >= 4 is 19.3 Å². The summed E-state index contributed by atoms with van der Waals surface area (Å²) in [6, 6.07) is 0. The van der Waals surface area contributed by atoms with Crippen molar-refractivity contribution in [2.24, 2.45) is 5.92 Å². The van der Waals surface area contributed by atoms with Crippen LogP contribution in [0.1, 0.15) is 25.7 Å². The van der Waals surface area contributed by atoms with Crippen LogP contribution in [0.2, 0.25) is 0 Å². The number of hydrogen-bond acceptors (Lipinski definition) is 1. The summed E-state index contributed by atoms with van der Waals surface area (Å²) >= 11 is 0. The van der Waals surface area contributed by atoms with Gasteiger partial charge in [-0.05, 0) is 50.0 Å². The van der Waals surface area contributed by atoms with Crippen LogP contribution in [-0.4, -0.2) is 29.0 Å². The lowest BCUT2D eigenvalue weighted by Crippen LogP contribution is -2.22. The molecule has 1 aliphatic carbocycles. The Bertz CT molecular complexity index is 408. The van der Waals surface area contributed by atoms with Crippen LogP contribution in [0.15, 0.2) is 13.2 Å². The molecule has 0 atom stereocenters. The van der Waals surface area contributed by atoms with Crippen LogP contribution in [0, 0.1) is 17.6 Å². The summed E-state index contributed by atoms with van der Waals surface area (Å²) in [5, 5.41) is 8.75. The van der Waals surface area contributed by atoms with Gasteiger partial charge in [0.2, 0.25) is 0 Å². The second-order valence-electron chi connectivity index (χ2n) is 4.19. The van der Waals surface area contributed by atoms with Crippen LogP contribution in [0.25, 0.3) is 0 Å². The molecule has 16 heavy (non-hydrogen) atoms. The molecule has 0 N–H and O–H groups in total. The third-order valence-electron chi connectivity index (χ3n) is 3.31. The minimum atomic E-state index is -1.47. The molecule has 0 radical (unpaired) electrons. The van der Waals surface area contributed by atoms with E-state index in [2.05, 4.69) is 28.5 Å². The topological polar surface area (TPSA) is 9.23 Å². The molecule has 1 saturated carbocycles. The van der Waals surface area contributed by atoms with E-state index in [1.165, 1.54) is 12.8 Å². The summed E-state index contributed by atoms with van der Waals surface area (Å²) in [7, 11) is 0.319. The summed E-state index contributed by atoms with van der Waals surface area (Å²) < 4.78 is 5.36. The normalized spacial score (nSPS) is 25.2. The maximum Gasteiger partial charge on any atom is 0.0571 e. The first-order valence-corrected chi connectivity index (χ1v) is 7.38. The Morgan fingerprint density at radius 3 is 2.19 bits per heavy atom. The molecule has 0 unspecified atom stereocenters. The molecule has 0 spiro atoms. The molecular weight excluding hydrogens is 216 g/mol. The Balaban J connectivity index is 2.69. The molecule has 1 nitrogen and oxygen atoms in total. The maximum absolute atomic E-state index is 5.56. The highest BCUT2D eigenvalue weighted by Crippen LogP contribution is 2.32. The fourth-order valence-electron chi connectivity index (χ4n) is 2.19. The van der Waals surface area contributed by atoms with Crippen LogP contribution < -0.4 is 0 Å². The SMILES string of the molecule is C#CS(=C=C)(=C=C)CC1CCC(OC)CC1. The number of methoxy groups -OCH3 is 1. The monoisotopic (exact) mass is 236 g/mol. The molecule has 0 bridgehead atoms. The predicted octanol–water partition coefficient (Wildman–Crippen LogP) is 2.76. The lowest BCUT2D eigenvalue weighted by atomic mass is 9.89. The Kier molecular flexibility index (Phi) is 5.00. The average Bonchev–Trinajstić information content (AvgIpc) is 2.37. The van der Waals surface area contributed by atoms with Crippen molar-refractivity contribution in [2.45, 2.75) is 31.8 Å². The molecule has 0 amide bonds. The first-order valence-electron chi connectivity index (χ1n) is 5.58. The van der Waals surface area contributed by atoms with E-state index in [1.54, 1.807) is 7.11 Å². The standard InChI is InChI=1S/C14H20OS/c1-5-16(6-2,7-3)12-13-8-10-14(15-4)11-9-13/h1,13-14H,2-3,8-12H2,4H3. The van der Waals surface area contributed by atoms with Gasteiger partial charge >= 0.3 is 0 Å². The molecule has 0 saturated heterocycles. The van der Waals surface area contributed by atoms with Gasteiger partial charge in [-0.1, -0.05) is 19.3 Å². The zero-order chi connectivity index (χ0) is 12.0. The Morgan fingerprint density at radius 1 is 1.25 bits per heavy atom. The zero-order valence-electron chi connectivity index (χ0n) is 10.00. The van der Waals surface area contributed by atoms with E-state index in [4.69, 9.17) is 11.2 Å². The smallest absolute Gasteiger partial charge is 0.0571 e. The highest BCUT2D eigenvalue weighted by Gasteiger charge is 2.22. The van der Waals surface area contributed by atoms with E-state index >= 15 is 0 Å². The second-order valence-corrected chi connectivity index (χ2v) is 6.82. The Hall–Kier alpha value is -0.830. The zero-order valence-corrected chi connectivity index (χ0v) is 10.8. The van der Waals surface area contributed by atoms with E-state index in [0.29, 0.717) is 12.0 Å². The number of rotatable bonds is 3. The van der Waals surface area contributed by atoms with Crippen molar-refractivity contribution in [3.63, 3.8) is 0 Å². The van der Waals surface area contributed by atoms with Gasteiger partial charge in [-0.3, -0.25) is 0 Å². The lowest BCUT2D eigenvalue weighted by Gasteiger charge is -2.28. The van der Waals surface area contributed by atoms with Crippen LogP contribution in [-0.2, 0) is 4.74 Å². The summed E-state index contributed by atoms with van der Waals surface area (Å²) in [6.07, 6.45) is 10.6. The van der Waals surface area contributed by atoms with Gasteiger partial charge in [0.1, 0.15) is 0 Å². The van der Waals surface area contributed by atoms with Gasteiger partial charge in [-0.2, -0.15) is 0 Å². The van der Waals surface area contributed by atoms with Crippen molar-refractivity contribution in [3.8, 4) is 11.7 Å². The van der Waals surface area contributed by atoms with E-state index in [9.17, 15) is 0 Å². The minimum Gasteiger partial charge on any atom is -0.381 e. The van der Waals surface area contributed by atoms with Crippen LogP contribution in [0.3, 0.4) is 0 Å². The van der Waals surface area contributed by atoms with Crippen molar-refractivity contribution in [2.75, 3.05) is 12.9 Å². The summed E-state index contributed by atoms with van der Waals surface area (Å²) in [5.74, 6) is 1.60. The van der Waals surface area contributed by atoms with Gasteiger partial charge in [0.05, 0.1) is 6.10 Å². The second kappa shape index (κ2) is 6.04. The van der Waals surface area contributed by atoms with Crippen LogP contribution >= 0.6 is 9.21 Å². The van der Waals surface area contributed by atoms with Crippen molar-refractivity contribution < 1.29 is 4.74 Å². The van der Waals surface area contributed by atoms with Crippen molar-refractivity contribution in [3.05, 3.63) is 13.2 Å². The number of hydrogen-bond donors (Lipinski definition) is 0. The third kappa shape index (κ3) is 3.08. The predicted molar refractivity (Wildman–Crippen MR) is 75.3 cm³/mol. The molecule has 2 heteroatoms. The maximum atomic E-state index is 5.56. The minimum absolute atomic E-state index is 0.437. The van der Waals surface area contributed by atoms with E-state index in [1.807, 2.05) is 0 Å². The van der Waals surface area contributed by atoms with Crippen molar-refractivity contribution in [1.82, 2.24) is 0 Å². The molecule has 0 aromatic carbocycles. The van der Waals surface area contributed by atoms with Gasteiger partial charge in [0.25, 0.3) is 0 Å². The highest BCUT2D eigenvalue weighted by atomic mass is 32.2. The molecular formula is C14H20OS. The number of ether oxygens (including phenoxy) is 1. The molecule has 1 rings (SSSR count). The molecule has 0 aromatic rings.